The van der Waals surface area contributed by atoms with E-state index in [1.807, 2.05) is 31.2 Å². The summed E-state index contributed by atoms with van der Waals surface area (Å²) in [6, 6.07) is 12.5. The molecule has 2 aromatic rings. The zero-order valence-corrected chi connectivity index (χ0v) is 13.6. The van der Waals surface area contributed by atoms with Gasteiger partial charge in [-0.1, -0.05) is 42.0 Å². The molecule has 1 aliphatic rings. The lowest BCUT2D eigenvalue weighted by atomic mass is 9.87. The highest BCUT2D eigenvalue weighted by Crippen LogP contribution is 2.30. The number of rotatable bonds is 3. The molecular weight excluding hydrogens is 307 g/mol. The van der Waals surface area contributed by atoms with Gasteiger partial charge in [-0.25, -0.2) is 4.39 Å². The van der Waals surface area contributed by atoms with Crippen LogP contribution in [0.5, 0.6) is 0 Å². The third kappa shape index (κ3) is 3.02. The van der Waals surface area contributed by atoms with Crippen molar-refractivity contribution < 1.29 is 14.0 Å². The van der Waals surface area contributed by atoms with E-state index in [2.05, 4.69) is 10.6 Å². The van der Waals surface area contributed by atoms with E-state index in [1.54, 1.807) is 19.1 Å². The molecule has 0 saturated carbocycles. The molecule has 0 radical (unpaired) electrons. The first kappa shape index (κ1) is 16.2. The molecule has 0 aromatic heterocycles. The van der Waals surface area contributed by atoms with E-state index < -0.39 is 17.6 Å². The summed E-state index contributed by atoms with van der Waals surface area (Å²) < 4.78 is 14.1. The van der Waals surface area contributed by atoms with Crippen LogP contribution in [0.3, 0.4) is 0 Å². The fraction of sp³-hybridized carbons (Fsp3) is 0.263. The predicted molar refractivity (Wildman–Crippen MR) is 90.2 cm³/mol. The molecule has 124 valence electrons. The molecule has 1 aliphatic heterocycles. The Morgan fingerprint density at radius 3 is 2.58 bits per heavy atom. The third-order valence-corrected chi connectivity index (χ3v) is 4.42. The van der Waals surface area contributed by atoms with Crippen molar-refractivity contribution in [3.63, 3.8) is 0 Å². The van der Waals surface area contributed by atoms with Crippen LogP contribution in [0.4, 0.5) is 10.1 Å². The Morgan fingerprint density at radius 1 is 1.17 bits per heavy atom. The SMILES string of the molecule is Cc1ccc(C2CNC(=O)C2C(=O)Nc2cccc(C)c2F)cc1. The average molecular weight is 326 g/mol. The molecule has 4 nitrogen and oxygen atoms in total. The number of carbonyl (C=O) groups is 2. The molecule has 1 saturated heterocycles. The van der Waals surface area contributed by atoms with E-state index in [4.69, 9.17) is 0 Å². The Morgan fingerprint density at radius 2 is 1.88 bits per heavy atom. The maximum absolute atomic E-state index is 14.1. The summed E-state index contributed by atoms with van der Waals surface area (Å²) >= 11 is 0. The summed E-state index contributed by atoms with van der Waals surface area (Å²) in [5, 5.41) is 5.29. The second kappa shape index (κ2) is 6.43. The van der Waals surface area contributed by atoms with Crippen molar-refractivity contribution in [1.29, 1.82) is 0 Å². The lowest BCUT2D eigenvalue weighted by Gasteiger charge is -2.17. The number of anilines is 1. The van der Waals surface area contributed by atoms with Gasteiger partial charge in [-0.05, 0) is 31.0 Å². The zero-order valence-electron chi connectivity index (χ0n) is 13.6. The Balaban J connectivity index is 1.85. The number of benzene rings is 2. The molecule has 0 spiro atoms. The third-order valence-electron chi connectivity index (χ3n) is 4.42. The standard InChI is InChI=1S/C19H19FN2O2/c1-11-6-8-13(9-7-11)14-10-21-18(23)16(14)19(24)22-15-5-3-4-12(2)17(15)20/h3-9,14,16H,10H2,1-2H3,(H,21,23)(H,22,24). The van der Waals surface area contributed by atoms with Crippen LogP contribution in [0.1, 0.15) is 22.6 Å². The molecule has 5 heteroatoms. The van der Waals surface area contributed by atoms with Gasteiger partial charge < -0.3 is 10.6 Å². The van der Waals surface area contributed by atoms with Gasteiger partial charge in [0.25, 0.3) is 0 Å². The van der Waals surface area contributed by atoms with E-state index in [1.165, 1.54) is 6.07 Å². The van der Waals surface area contributed by atoms with Crippen LogP contribution in [0.2, 0.25) is 0 Å². The molecule has 2 atom stereocenters. The fourth-order valence-corrected chi connectivity index (χ4v) is 3.00. The first-order valence-corrected chi connectivity index (χ1v) is 7.87. The molecule has 2 N–H and O–H groups in total. The number of halogens is 1. The minimum Gasteiger partial charge on any atom is -0.355 e. The van der Waals surface area contributed by atoms with Gasteiger partial charge in [-0.3, -0.25) is 9.59 Å². The van der Waals surface area contributed by atoms with Gasteiger partial charge in [0.15, 0.2) is 0 Å². The van der Waals surface area contributed by atoms with E-state index in [0.717, 1.165) is 11.1 Å². The molecule has 0 bridgehead atoms. The summed E-state index contributed by atoms with van der Waals surface area (Å²) in [5.41, 5.74) is 2.57. The average Bonchev–Trinajstić information content (AvgIpc) is 2.94. The number of amides is 2. The van der Waals surface area contributed by atoms with Crippen molar-refractivity contribution in [3.05, 3.63) is 65.0 Å². The minimum absolute atomic E-state index is 0.0994. The van der Waals surface area contributed by atoms with Crippen LogP contribution in [0.15, 0.2) is 42.5 Å². The largest absolute Gasteiger partial charge is 0.355 e. The highest BCUT2D eigenvalue weighted by molar-refractivity contribution is 6.08. The number of hydrogen-bond acceptors (Lipinski definition) is 2. The molecule has 2 unspecified atom stereocenters. The lowest BCUT2D eigenvalue weighted by molar-refractivity contribution is -0.130. The number of carbonyl (C=O) groups excluding carboxylic acids is 2. The molecule has 2 aromatic carbocycles. The molecule has 1 heterocycles. The summed E-state index contributed by atoms with van der Waals surface area (Å²) in [6.45, 7) is 4.01. The van der Waals surface area contributed by atoms with E-state index in [9.17, 15) is 14.0 Å². The van der Waals surface area contributed by atoms with Crippen LogP contribution in [0.25, 0.3) is 0 Å². The lowest BCUT2D eigenvalue weighted by Crippen LogP contribution is -2.32. The number of hydrogen-bond donors (Lipinski definition) is 2. The Hall–Kier alpha value is -2.69. The molecule has 2 amide bonds. The van der Waals surface area contributed by atoms with Crippen LogP contribution in [-0.2, 0) is 9.59 Å². The Kier molecular flexibility index (Phi) is 4.34. The quantitative estimate of drug-likeness (QED) is 0.852. The van der Waals surface area contributed by atoms with Crippen LogP contribution >= 0.6 is 0 Å². The molecule has 0 aliphatic carbocycles. The van der Waals surface area contributed by atoms with E-state index in [0.29, 0.717) is 12.1 Å². The topological polar surface area (TPSA) is 58.2 Å². The van der Waals surface area contributed by atoms with Crippen molar-refractivity contribution in [2.45, 2.75) is 19.8 Å². The molecule has 1 fully saturated rings. The Bertz CT molecular complexity index is 786. The van der Waals surface area contributed by atoms with Gasteiger partial charge in [0.05, 0.1) is 5.69 Å². The smallest absolute Gasteiger partial charge is 0.237 e. The summed E-state index contributed by atoms with van der Waals surface area (Å²) in [4.78, 5) is 24.7. The second-order valence-electron chi connectivity index (χ2n) is 6.17. The number of nitrogens with one attached hydrogen (secondary N) is 2. The maximum Gasteiger partial charge on any atom is 0.237 e. The van der Waals surface area contributed by atoms with Crippen molar-refractivity contribution in [2.75, 3.05) is 11.9 Å². The Labute approximate surface area is 140 Å². The highest BCUT2D eigenvalue weighted by atomic mass is 19.1. The first-order valence-electron chi connectivity index (χ1n) is 7.87. The van der Waals surface area contributed by atoms with Gasteiger partial charge in [0.2, 0.25) is 11.8 Å². The monoisotopic (exact) mass is 326 g/mol. The van der Waals surface area contributed by atoms with Crippen molar-refractivity contribution in [2.24, 2.45) is 5.92 Å². The van der Waals surface area contributed by atoms with Gasteiger partial charge in [-0.15, -0.1) is 0 Å². The van der Waals surface area contributed by atoms with Gasteiger partial charge >= 0.3 is 0 Å². The van der Waals surface area contributed by atoms with Crippen molar-refractivity contribution in [3.8, 4) is 0 Å². The van der Waals surface area contributed by atoms with E-state index in [-0.39, 0.29) is 17.5 Å². The first-order chi connectivity index (χ1) is 11.5. The summed E-state index contributed by atoms with van der Waals surface area (Å²) in [7, 11) is 0. The molecule has 3 rings (SSSR count). The van der Waals surface area contributed by atoms with Crippen LogP contribution < -0.4 is 10.6 Å². The van der Waals surface area contributed by atoms with Crippen molar-refractivity contribution >= 4 is 17.5 Å². The second-order valence-corrected chi connectivity index (χ2v) is 6.17. The van der Waals surface area contributed by atoms with Crippen LogP contribution in [0, 0.1) is 25.6 Å². The highest BCUT2D eigenvalue weighted by Gasteiger charge is 2.41. The van der Waals surface area contributed by atoms with Gasteiger partial charge in [0.1, 0.15) is 11.7 Å². The minimum atomic E-state index is -0.868. The summed E-state index contributed by atoms with van der Waals surface area (Å²) in [5.74, 6) is -2.42. The predicted octanol–water partition coefficient (Wildman–Crippen LogP) is 2.91. The molecular formula is C19H19FN2O2. The van der Waals surface area contributed by atoms with Crippen LogP contribution in [-0.4, -0.2) is 18.4 Å². The van der Waals surface area contributed by atoms with Gasteiger partial charge in [-0.2, -0.15) is 0 Å². The zero-order chi connectivity index (χ0) is 17.3. The van der Waals surface area contributed by atoms with E-state index >= 15 is 0 Å². The fourth-order valence-electron chi connectivity index (χ4n) is 3.00. The van der Waals surface area contributed by atoms with Crippen molar-refractivity contribution in [1.82, 2.24) is 5.32 Å². The summed E-state index contributed by atoms with van der Waals surface area (Å²) in [6.07, 6.45) is 0. The normalized spacial score (nSPS) is 19.9. The molecule has 24 heavy (non-hydrogen) atoms. The number of aryl methyl sites for hydroxylation is 2. The maximum atomic E-state index is 14.1. The van der Waals surface area contributed by atoms with Gasteiger partial charge in [0, 0.05) is 12.5 Å².